The van der Waals surface area contributed by atoms with Gasteiger partial charge in [-0.2, -0.15) is 0 Å². The lowest BCUT2D eigenvalue weighted by Gasteiger charge is -2.20. The maximum atomic E-state index is 12.1. The number of hydrogen-bond acceptors (Lipinski definition) is 2. The lowest BCUT2D eigenvalue weighted by atomic mass is 9.87. The summed E-state index contributed by atoms with van der Waals surface area (Å²) in [6, 6.07) is 13.6. The van der Waals surface area contributed by atoms with Crippen molar-refractivity contribution in [1.82, 2.24) is 0 Å². The van der Waals surface area contributed by atoms with Crippen LogP contribution in [0.4, 0.5) is 5.69 Å². The van der Waals surface area contributed by atoms with E-state index in [1.165, 1.54) is 11.1 Å². The van der Waals surface area contributed by atoms with E-state index in [0.29, 0.717) is 10.8 Å². The molecule has 122 valence electrons. The minimum atomic E-state index is -0.0158. The second-order valence-corrected chi connectivity index (χ2v) is 8.03. The van der Waals surface area contributed by atoms with Gasteiger partial charge in [0.15, 0.2) is 0 Å². The van der Waals surface area contributed by atoms with E-state index in [1.807, 2.05) is 0 Å². The SMILES string of the molecule is Cc1ccc(C(C)(C)C)cc1SCC(=O)Nc1ccc(Cl)cc1. The topological polar surface area (TPSA) is 29.1 Å². The number of amides is 1. The Balaban J connectivity index is 2.00. The van der Waals surface area contributed by atoms with Gasteiger partial charge in [-0.15, -0.1) is 11.8 Å². The fourth-order valence-electron chi connectivity index (χ4n) is 2.10. The van der Waals surface area contributed by atoms with E-state index >= 15 is 0 Å². The number of rotatable bonds is 4. The predicted molar refractivity (Wildman–Crippen MR) is 101 cm³/mol. The van der Waals surface area contributed by atoms with Crippen LogP contribution in [0, 0.1) is 6.92 Å². The fraction of sp³-hybridized carbons (Fsp3) is 0.316. The predicted octanol–water partition coefficient (Wildman–Crippen LogP) is 5.68. The molecule has 0 aliphatic carbocycles. The number of nitrogens with one attached hydrogen (secondary N) is 1. The highest BCUT2D eigenvalue weighted by Crippen LogP contribution is 2.29. The molecule has 1 amide bonds. The van der Waals surface area contributed by atoms with E-state index in [1.54, 1.807) is 36.0 Å². The minimum absolute atomic E-state index is 0.0158. The molecule has 0 atom stereocenters. The second-order valence-electron chi connectivity index (χ2n) is 6.57. The van der Waals surface area contributed by atoms with Crippen molar-refractivity contribution >= 4 is 35.0 Å². The second kappa shape index (κ2) is 7.41. The standard InChI is InChI=1S/C19H22ClNOS/c1-13-5-6-14(19(2,3)4)11-17(13)23-12-18(22)21-16-9-7-15(20)8-10-16/h5-11H,12H2,1-4H3,(H,21,22). The molecule has 0 saturated heterocycles. The molecule has 0 radical (unpaired) electrons. The quantitative estimate of drug-likeness (QED) is 0.721. The van der Waals surface area contributed by atoms with Crippen LogP contribution in [0.15, 0.2) is 47.4 Å². The van der Waals surface area contributed by atoms with Crippen molar-refractivity contribution in [2.45, 2.75) is 38.0 Å². The summed E-state index contributed by atoms with van der Waals surface area (Å²) in [4.78, 5) is 13.3. The highest BCUT2D eigenvalue weighted by molar-refractivity contribution is 8.00. The van der Waals surface area contributed by atoms with Gasteiger partial charge in [0.25, 0.3) is 0 Å². The Morgan fingerprint density at radius 2 is 1.78 bits per heavy atom. The van der Waals surface area contributed by atoms with Crippen LogP contribution in [-0.2, 0) is 10.2 Å². The first kappa shape index (κ1) is 17.9. The lowest BCUT2D eigenvalue weighted by molar-refractivity contribution is -0.113. The van der Waals surface area contributed by atoms with Crippen molar-refractivity contribution in [3.8, 4) is 0 Å². The Bertz CT molecular complexity index is 690. The van der Waals surface area contributed by atoms with Crippen LogP contribution in [0.2, 0.25) is 5.02 Å². The van der Waals surface area contributed by atoms with Crippen LogP contribution in [0.1, 0.15) is 31.9 Å². The Morgan fingerprint density at radius 3 is 2.39 bits per heavy atom. The van der Waals surface area contributed by atoms with Crippen LogP contribution in [0.25, 0.3) is 0 Å². The third kappa shape index (κ3) is 5.29. The monoisotopic (exact) mass is 347 g/mol. The molecular formula is C19H22ClNOS. The Morgan fingerprint density at radius 1 is 1.13 bits per heavy atom. The average molecular weight is 348 g/mol. The van der Waals surface area contributed by atoms with E-state index in [4.69, 9.17) is 11.6 Å². The molecule has 0 saturated carbocycles. The number of halogens is 1. The Kier molecular flexibility index (Phi) is 5.77. The number of anilines is 1. The molecule has 0 spiro atoms. The molecular weight excluding hydrogens is 326 g/mol. The first-order valence-electron chi connectivity index (χ1n) is 7.55. The maximum absolute atomic E-state index is 12.1. The number of thioether (sulfide) groups is 1. The van der Waals surface area contributed by atoms with Crippen LogP contribution >= 0.6 is 23.4 Å². The average Bonchev–Trinajstić information content (AvgIpc) is 2.47. The molecule has 2 aromatic carbocycles. The summed E-state index contributed by atoms with van der Waals surface area (Å²) in [5, 5.41) is 3.54. The fourth-order valence-corrected chi connectivity index (χ4v) is 3.09. The third-order valence-corrected chi connectivity index (χ3v) is 4.95. The molecule has 2 nitrogen and oxygen atoms in total. The zero-order chi connectivity index (χ0) is 17.0. The van der Waals surface area contributed by atoms with Crippen LogP contribution in [-0.4, -0.2) is 11.7 Å². The van der Waals surface area contributed by atoms with Gasteiger partial charge >= 0.3 is 0 Å². The summed E-state index contributed by atoms with van der Waals surface area (Å²) >= 11 is 7.41. The van der Waals surface area contributed by atoms with Crippen LogP contribution in [0.3, 0.4) is 0 Å². The minimum Gasteiger partial charge on any atom is -0.325 e. The lowest BCUT2D eigenvalue weighted by Crippen LogP contribution is -2.14. The third-order valence-electron chi connectivity index (χ3n) is 3.54. The van der Waals surface area contributed by atoms with Crippen molar-refractivity contribution < 1.29 is 4.79 Å². The van der Waals surface area contributed by atoms with Crippen molar-refractivity contribution in [3.63, 3.8) is 0 Å². The van der Waals surface area contributed by atoms with Crippen molar-refractivity contribution in [2.24, 2.45) is 0 Å². The zero-order valence-electron chi connectivity index (χ0n) is 13.9. The highest BCUT2D eigenvalue weighted by Gasteiger charge is 2.15. The molecule has 0 aliphatic heterocycles. The van der Waals surface area contributed by atoms with Gasteiger partial charge in [-0.1, -0.05) is 44.5 Å². The van der Waals surface area contributed by atoms with Crippen LogP contribution < -0.4 is 5.32 Å². The van der Waals surface area contributed by atoms with Gasteiger partial charge in [-0.05, 0) is 53.8 Å². The molecule has 23 heavy (non-hydrogen) atoms. The summed E-state index contributed by atoms with van der Waals surface area (Å²) in [5.41, 5.74) is 3.35. The van der Waals surface area contributed by atoms with Crippen LogP contribution in [0.5, 0.6) is 0 Å². The summed E-state index contributed by atoms with van der Waals surface area (Å²) in [5.74, 6) is 0.370. The van der Waals surface area contributed by atoms with Gasteiger partial charge in [0.05, 0.1) is 5.75 Å². The first-order chi connectivity index (χ1) is 10.8. The van der Waals surface area contributed by atoms with E-state index in [9.17, 15) is 4.79 Å². The van der Waals surface area contributed by atoms with Gasteiger partial charge in [0, 0.05) is 15.6 Å². The Labute approximate surface area is 147 Å². The van der Waals surface area contributed by atoms with Gasteiger partial charge < -0.3 is 5.32 Å². The summed E-state index contributed by atoms with van der Waals surface area (Å²) < 4.78 is 0. The maximum Gasteiger partial charge on any atom is 0.234 e. The molecule has 0 aromatic heterocycles. The first-order valence-corrected chi connectivity index (χ1v) is 8.91. The largest absolute Gasteiger partial charge is 0.325 e. The normalized spacial score (nSPS) is 11.3. The summed E-state index contributed by atoms with van der Waals surface area (Å²) in [7, 11) is 0. The number of carbonyl (C=O) groups is 1. The molecule has 4 heteroatoms. The molecule has 0 bridgehead atoms. The van der Waals surface area contributed by atoms with Gasteiger partial charge in [-0.3, -0.25) is 4.79 Å². The van der Waals surface area contributed by atoms with Gasteiger partial charge in [-0.25, -0.2) is 0 Å². The van der Waals surface area contributed by atoms with Gasteiger partial charge in [0.2, 0.25) is 5.91 Å². The van der Waals surface area contributed by atoms with E-state index in [-0.39, 0.29) is 11.3 Å². The smallest absolute Gasteiger partial charge is 0.234 e. The highest BCUT2D eigenvalue weighted by atomic mass is 35.5. The Hall–Kier alpha value is -1.45. The molecule has 0 heterocycles. The molecule has 2 aromatic rings. The number of benzene rings is 2. The number of carbonyl (C=O) groups excluding carboxylic acids is 1. The van der Waals surface area contributed by atoms with Crippen molar-refractivity contribution in [1.29, 1.82) is 0 Å². The van der Waals surface area contributed by atoms with Gasteiger partial charge in [0.1, 0.15) is 0 Å². The molecule has 0 unspecified atom stereocenters. The molecule has 0 fully saturated rings. The summed E-state index contributed by atoms with van der Waals surface area (Å²) in [6.45, 7) is 8.66. The number of hydrogen-bond donors (Lipinski definition) is 1. The van der Waals surface area contributed by atoms with E-state index in [2.05, 4.69) is 51.2 Å². The van der Waals surface area contributed by atoms with Crippen molar-refractivity contribution in [2.75, 3.05) is 11.1 Å². The van der Waals surface area contributed by atoms with E-state index in [0.717, 1.165) is 10.6 Å². The number of aryl methyl sites for hydroxylation is 1. The molecule has 2 rings (SSSR count). The van der Waals surface area contributed by atoms with Crippen molar-refractivity contribution in [3.05, 3.63) is 58.6 Å². The molecule has 1 N–H and O–H groups in total. The molecule has 0 aliphatic rings. The van der Waals surface area contributed by atoms with E-state index < -0.39 is 0 Å². The zero-order valence-corrected chi connectivity index (χ0v) is 15.5. The summed E-state index contributed by atoms with van der Waals surface area (Å²) in [6.07, 6.45) is 0.